The monoisotopic (exact) mass is 319 g/mol. The molecule has 2 rings (SSSR count). The van der Waals surface area contributed by atoms with Gasteiger partial charge in [-0.1, -0.05) is 36.4 Å². The van der Waals surface area contributed by atoms with Crippen molar-refractivity contribution in [2.75, 3.05) is 19.7 Å². The lowest BCUT2D eigenvalue weighted by atomic mass is 10.1. The summed E-state index contributed by atoms with van der Waals surface area (Å²) >= 11 is 0. The molecule has 5 nitrogen and oxygen atoms in total. The predicted molar refractivity (Wildman–Crippen MR) is 88.0 cm³/mol. The zero-order valence-electron chi connectivity index (χ0n) is 14.0. The van der Waals surface area contributed by atoms with Gasteiger partial charge in [-0.05, 0) is 31.9 Å². The minimum absolute atomic E-state index is 0.247. The van der Waals surface area contributed by atoms with Crippen LogP contribution in [0.25, 0.3) is 0 Å². The van der Waals surface area contributed by atoms with Crippen LogP contribution in [-0.2, 0) is 16.1 Å². The fourth-order valence-corrected chi connectivity index (χ4v) is 2.35. The molecule has 0 fully saturated rings. The lowest BCUT2D eigenvalue weighted by Crippen LogP contribution is -2.44. The lowest BCUT2D eigenvalue weighted by molar-refractivity contribution is 0.0164. The van der Waals surface area contributed by atoms with E-state index in [1.807, 2.05) is 51.1 Å². The van der Waals surface area contributed by atoms with Crippen LogP contribution in [0.2, 0.25) is 0 Å². The number of carbonyl (C=O) groups excluding carboxylic acids is 1. The van der Waals surface area contributed by atoms with Crippen molar-refractivity contribution in [2.24, 2.45) is 0 Å². The summed E-state index contributed by atoms with van der Waals surface area (Å²) < 4.78 is 11.0. The van der Waals surface area contributed by atoms with Crippen molar-refractivity contribution in [3.63, 3.8) is 0 Å². The van der Waals surface area contributed by atoms with E-state index in [4.69, 9.17) is 9.47 Å². The number of rotatable bonds is 4. The number of aliphatic hydroxyl groups is 1. The van der Waals surface area contributed by atoms with Crippen molar-refractivity contribution in [1.29, 1.82) is 0 Å². The fourth-order valence-electron chi connectivity index (χ4n) is 2.35. The van der Waals surface area contributed by atoms with E-state index in [2.05, 4.69) is 0 Å². The van der Waals surface area contributed by atoms with E-state index in [0.29, 0.717) is 19.8 Å². The number of benzene rings is 1. The second-order valence-electron chi connectivity index (χ2n) is 6.73. The van der Waals surface area contributed by atoms with Crippen LogP contribution in [0, 0.1) is 0 Å². The van der Waals surface area contributed by atoms with E-state index >= 15 is 0 Å². The third-order valence-corrected chi connectivity index (χ3v) is 3.28. The average molecular weight is 319 g/mol. The van der Waals surface area contributed by atoms with Crippen LogP contribution in [0.4, 0.5) is 4.79 Å². The smallest absolute Gasteiger partial charge is 0.410 e. The Bertz CT molecular complexity index is 548. The van der Waals surface area contributed by atoms with Crippen molar-refractivity contribution in [3.05, 3.63) is 47.5 Å². The quantitative estimate of drug-likeness (QED) is 0.867. The van der Waals surface area contributed by atoms with Gasteiger partial charge >= 0.3 is 6.09 Å². The third-order valence-electron chi connectivity index (χ3n) is 3.28. The first kappa shape index (κ1) is 17.5. The summed E-state index contributed by atoms with van der Waals surface area (Å²) in [5.41, 5.74) is 1.42. The molecule has 126 valence electrons. The number of hydrogen-bond acceptors (Lipinski definition) is 4. The molecule has 1 aliphatic rings. The van der Waals surface area contributed by atoms with Crippen molar-refractivity contribution in [1.82, 2.24) is 4.90 Å². The zero-order valence-corrected chi connectivity index (χ0v) is 14.0. The van der Waals surface area contributed by atoms with E-state index in [1.54, 1.807) is 6.08 Å². The van der Waals surface area contributed by atoms with Gasteiger partial charge in [0, 0.05) is 6.54 Å². The van der Waals surface area contributed by atoms with Gasteiger partial charge in [0.1, 0.15) is 5.60 Å². The average Bonchev–Trinajstić information content (AvgIpc) is 2.46. The Balaban J connectivity index is 1.86. The largest absolute Gasteiger partial charge is 0.444 e. The number of ether oxygens (including phenoxy) is 2. The van der Waals surface area contributed by atoms with Crippen LogP contribution in [0.1, 0.15) is 26.3 Å². The van der Waals surface area contributed by atoms with Crippen LogP contribution in [0.15, 0.2) is 42.0 Å². The van der Waals surface area contributed by atoms with Gasteiger partial charge in [-0.2, -0.15) is 0 Å². The summed E-state index contributed by atoms with van der Waals surface area (Å²) in [5, 5.41) is 9.93. The molecule has 1 aromatic rings. The van der Waals surface area contributed by atoms with E-state index in [1.165, 1.54) is 4.90 Å². The van der Waals surface area contributed by atoms with E-state index < -0.39 is 17.8 Å². The molecule has 1 N–H and O–H groups in total. The summed E-state index contributed by atoms with van der Waals surface area (Å²) in [7, 11) is 0. The summed E-state index contributed by atoms with van der Waals surface area (Å²) in [4.78, 5) is 13.6. The highest BCUT2D eigenvalue weighted by Crippen LogP contribution is 2.16. The summed E-state index contributed by atoms with van der Waals surface area (Å²) in [5.74, 6) is 0. The maximum absolute atomic E-state index is 12.1. The first-order valence-corrected chi connectivity index (χ1v) is 7.81. The Morgan fingerprint density at radius 2 is 1.96 bits per heavy atom. The Morgan fingerprint density at radius 3 is 2.61 bits per heavy atom. The number of aliphatic hydroxyl groups excluding tert-OH is 1. The third kappa shape index (κ3) is 6.04. The second-order valence-corrected chi connectivity index (χ2v) is 6.73. The molecular formula is C18H25NO4. The van der Waals surface area contributed by atoms with E-state index in [-0.39, 0.29) is 6.54 Å². The first-order valence-electron chi connectivity index (χ1n) is 7.81. The Labute approximate surface area is 137 Å². The minimum atomic E-state index is -0.688. The van der Waals surface area contributed by atoms with Gasteiger partial charge in [0.2, 0.25) is 0 Å². The summed E-state index contributed by atoms with van der Waals surface area (Å²) in [6.07, 6.45) is 0.656. The molecule has 1 aromatic carbocycles. The molecule has 1 heterocycles. The maximum atomic E-state index is 12.1. The molecule has 23 heavy (non-hydrogen) atoms. The number of nitrogens with zero attached hydrogens (tertiary/aromatic N) is 1. The van der Waals surface area contributed by atoms with Gasteiger partial charge in [0.25, 0.3) is 0 Å². The lowest BCUT2D eigenvalue weighted by Gasteiger charge is -2.32. The number of carbonyl (C=O) groups is 1. The second kappa shape index (κ2) is 7.62. The molecule has 0 bridgehead atoms. The van der Waals surface area contributed by atoms with Gasteiger partial charge in [0.05, 0.1) is 25.9 Å². The Kier molecular flexibility index (Phi) is 5.80. The topological polar surface area (TPSA) is 59.0 Å². The molecule has 1 amide bonds. The molecule has 0 aliphatic carbocycles. The molecule has 0 saturated heterocycles. The summed E-state index contributed by atoms with van der Waals surface area (Å²) in [6, 6.07) is 9.88. The van der Waals surface area contributed by atoms with Crippen LogP contribution < -0.4 is 0 Å². The summed E-state index contributed by atoms with van der Waals surface area (Å²) in [6.45, 7) is 7.02. The van der Waals surface area contributed by atoms with Crippen LogP contribution in [0.5, 0.6) is 0 Å². The van der Waals surface area contributed by atoms with Crippen LogP contribution in [-0.4, -0.2) is 47.5 Å². The standard InChI is InChI=1S/C18H25NO4/c1-18(2,3)23-17(21)19-10-15(9-16(20)11-19)13-22-12-14-7-5-4-6-8-14/h4-9,16,20H,10-13H2,1-3H3. The molecule has 1 atom stereocenters. The van der Waals surface area contributed by atoms with Crippen LogP contribution in [0.3, 0.4) is 0 Å². The fraction of sp³-hybridized carbons (Fsp3) is 0.500. The van der Waals surface area contributed by atoms with E-state index in [9.17, 15) is 9.90 Å². The Morgan fingerprint density at radius 1 is 1.26 bits per heavy atom. The molecular weight excluding hydrogens is 294 g/mol. The minimum Gasteiger partial charge on any atom is -0.444 e. The highest BCUT2D eigenvalue weighted by Gasteiger charge is 2.27. The van der Waals surface area contributed by atoms with Crippen molar-refractivity contribution < 1.29 is 19.4 Å². The molecule has 1 unspecified atom stereocenters. The number of hydrogen-bond donors (Lipinski definition) is 1. The SMILES string of the molecule is CC(C)(C)OC(=O)N1CC(COCc2ccccc2)=CC(O)C1. The van der Waals surface area contributed by atoms with Gasteiger partial charge in [-0.3, -0.25) is 0 Å². The normalized spacial score (nSPS) is 18.5. The maximum Gasteiger partial charge on any atom is 0.410 e. The molecule has 0 spiro atoms. The van der Waals surface area contributed by atoms with Gasteiger partial charge < -0.3 is 19.5 Å². The Hall–Kier alpha value is -1.85. The molecule has 1 aliphatic heterocycles. The van der Waals surface area contributed by atoms with Gasteiger partial charge in [-0.15, -0.1) is 0 Å². The highest BCUT2D eigenvalue weighted by atomic mass is 16.6. The van der Waals surface area contributed by atoms with Crippen molar-refractivity contribution in [3.8, 4) is 0 Å². The molecule has 0 radical (unpaired) electrons. The van der Waals surface area contributed by atoms with Gasteiger partial charge in [0.15, 0.2) is 0 Å². The van der Waals surface area contributed by atoms with Crippen molar-refractivity contribution in [2.45, 2.75) is 39.1 Å². The number of amides is 1. The zero-order chi connectivity index (χ0) is 16.9. The molecule has 0 aromatic heterocycles. The van der Waals surface area contributed by atoms with Gasteiger partial charge in [-0.25, -0.2) is 4.79 Å². The van der Waals surface area contributed by atoms with Crippen LogP contribution >= 0.6 is 0 Å². The number of β-amino-alcohol motifs (C(OH)–C–C–N with tert-alkyl or cyclic N) is 1. The first-order chi connectivity index (χ1) is 10.8. The van der Waals surface area contributed by atoms with Crippen molar-refractivity contribution >= 4 is 6.09 Å². The van der Waals surface area contributed by atoms with E-state index in [0.717, 1.165) is 11.1 Å². The molecule has 5 heteroatoms. The molecule has 0 saturated carbocycles. The predicted octanol–water partition coefficient (Wildman–Crippen LogP) is 2.74. The highest BCUT2D eigenvalue weighted by molar-refractivity contribution is 5.69.